The van der Waals surface area contributed by atoms with Crippen molar-refractivity contribution in [1.82, 2.24) is 9.80 Å². The summed E-state index contributed by atoms with van der Waals surface area (Å²) in [6.45, 7) is 4.78. The second kappa shape index (κ2) is 7.51. The highest BCUT2D eigenvalue weighted by atomic mass is 16.4. The molecule has 5 heteroatoms. The Balaban J connectivity index is 1.68. The van der Waals surface area contributed by atoms with Crippen molar-refractivity contribution in [3.05, 3.63) is 35.9 Å². The van der Waals surface area contributed by atoms with Crippen molar-refractivity contribution < 1.29 is 14.7 Å². The number of benzene rings is 1. The fraction of sp³-hybridized carbons (Fsp3) is 0.652. The Labute approximate surface area is 168 Å². The molecule has 1 heterocycles. The maximum absolute atomic E-state index is 12.7. The van der Waals surface area contributed by atoms with Crippen molar-refractivity contribution in [2.24, 2.45) is 10.8 Å². The molecule has 1 saturated heterocycles. The lowest BCUT2D eigenvalue weighted by molar-refractivity contribution is -0.148. The number of hydrogen-bond acceptors (Lipinski definition) is 3. The number of carboxylic acid groups (broad SMARTS) is 1. The Bertz CT molecular complexity index is 719. The first-order chi connectivity index (χ1) is 13.1. The smallest absolute Gasteiger partial charge is 0.309 e. The number of aliphatic carboxylic acids is 1. The van der Waals surface area contributed by atoms with Crippen LogP contribution < -0.4 is 0 Å². The summed E-state index contributed by atoms with van der Waals surface area (Å²) in [7, 11) is 4.32. The Hall–Kier alpha value is -1.88. The van der Waals surface area contributed by atoms with Crippen LogP contribution in [0.25, 0.3) is 0 Å². The largest absolute Gasteiger partial charge is 0.481 e. The third kappa shape index (κ3) is 3.82. The molecule has 28 heavy (non-hydrogen) atoms. The lowest BCUT2D eigenvalue weighted by Gasteiger charge is -2.49. The predicted molar refractivity (Wildman–Crippen MR) is 110 cm³/mol. The van der Waals surface area contributed by atoms with Crippen LogP contribution in [0.2, 0.25) is 0 Å². The van der Waals surface area contributed by atoms with E-state index in [-0.39, 0.29) is 16.9 Å². The highest BCUT2D eigenvalue weighted by Gasteiger charge is 2.50. The van der Waals surface area contributed by atoms with Crippen molar-refractivity contribution in [1.29, 1.82) is 0 Å². The van der Waals surface area contributed by atoms with Crippen LogP contribution in [0.15, 0.2) is 30.3 Å². The molecule has 1 amide bonds. The Kier molecular flexibility index (Phi) is 5.59. The van der Waals surface area contributed by atoms with Crippen LogP contribution >= 0.6 is 0 Å². The highest BCUT2D eigenvalue weighted by molar-refractivity contribution is 5.79. The summed E-state index contributed by atoms with van der Waals surface area (Å²) in [6.07, 6.45) is 5.27. The molecule has 1 aromatic rings. The minimum Gasteiger partial charge on any atom is -0.481 e. The summed E-state index contributed by atoms with van der Waals surface area (Å²) in [4.78, 5) is 28.3. The van der Waals surface area contributed by atoms with Crippen LogP contribution in [0, 0.1) is 10.8 Å². The van der Waals surface area contributed by atoms with Gasteiger partial charge in [-0.3, -0.25) is 14.5 Å². The zero-order valence-corrected chi connectivity index (χ0v) is 17.7. The fourth-order valence-electron chi connectivity index (χ4n) is 4.98. The summed E-state index contributed by atoms with van der Waals surface area (Å²) in [5.74, 6) is -0.608. The lowest BCUT2D eigenvalue weighted by atomic mass is 9.64. The molecule has 0 bridgehead atoms. The van der Waals surface area contributed by atoms with Crippen LogP contribution in [0.3, 0.4) is 0 Å². The van der Waals surface area contributed by atoms with E-state index in [0.717, 1.165) is 32.2 Å². The van der Waals surface area contributed by atoms with Crippen LogP contribution in [0.1, 0.15) is 57.9 Å². The van der Waals surface area contributed by atoms with Gasteiger partial charge in [-0.15, -0.1) is 0 Å². The van der Waals surface area contributed by atoms with E-state index in [2.05, 4.69) is 49.3 Å². The maximum atomic E-state index is 12.7. The van der Waals surface area contributed by atoms with Crippen molar-refractivity contribution >= 4 is 11.9 Å². The molecule has 2 aliphatic rings. The minimum absolute atomic E-state index is 0.0360. The number of likely N-dealkylation sites (tertiary alicyclic amines) is 1. The molecule has 0 unspecified atom stereocenters. The van der Waals surface area contributed by atoms with Gasteiger partial charge in [0, 0.05) is 25.0 Å². The number of hydrogen-bond donors (Lipinski definition) is 1. The third-order valence-electron chi connectivity index (χ3n) is 7.30. The van der Waals surface area contributed by atoms with Gasteiger partial charge in [0.05, 0.1) is 5.41 Å². The predicted octanol–water partition coefficient (Wildman–Crippen LogP) is 3.74. The van der Waals surface area contributed by atoms with Gasteiger partial charge in [0.1, 0.15) is 0 Å². The molecule has 5 nitrogen and oxygen atoms in total. The van der Waals surface area contributed by atoms with Crippen molar-refractivity contribution in [3.8, 4) is 0 Å². The first-order valence-electron chi connectivity index (χ1n) is 10.3. The average Bonchev–Trinajstić information content (AvgIpc) is 2.96. The molecular formula is C23H34N2O3. The fourth-order valence-corrected chi connectivity index (χ4v) is 4.98. The van der Waals surface area contributed by atoms with Crippen molar-refractivity contribution in [3.63, 3.8) is 0 Å². The topological polar surface area (TPSA) is 60.9 Å². The van der Waals surface area contributed by atoms with Crippen LogP contribution in [0.5, 0.6) is 0 Å². The monoisotopic (exact) mass is 386 g/mol. The van der Waals surface area contributed by atoms with Gasteiger partial charge in [-0.25, -0.2) is 0 Å². The molecule has 1 spiro atoms. The quantitative estimate of drug-likeness (QED) is 0.809. The Morgan fingerprint density at radius 3 is 2.29 bits per heavy atom. The van der Waals surface area contributed by atoms with Gasteiger partial charge < -0.3 is 10.0 Å². The molecule has 154 valence electrons. The second-order valence-corrected chi connectivity index (χ2v) is 9.72. The summed E-state index contributed by atoms with van der Waals surface area (Å²) >= 11 is 0. The maximum Gasteiger partial charge on any atom is 0.309 e. The molecule has 1 aromatic carbocycles. The SMILES string of the molecule is CN(C)[C@]1(c2ccccc2)CC[C@]2(CC1)CC(=O)N(CCC(C)(C)C(=O)O)C2. The van der Waals surface area contributed by atoms with E-state index in [9.17, 15) is 14.7 Å². The van der Waals surface area contributed by atoms with E-state index in [4.69, 9.17) is 0 Å². The lowest BCUT2D eigenvalue weighted by Crippen LogP contribution is -2.47. The number of carbonyl (C=O) groups excluding carboxylic acids is 1. The molecule has 2 fully saturated rings. The first kappa shape index (κ1) is 20.8. The van der Waals surface area contributed by atoms with Gasteiger partial charge in [0.15, 0.2) is 0 Å². The van der Waals surface area contributed by atoms with Gasteiger partial charge in [0.25, 0.3) is 0 Å². The Morgan fingerprint density at radius 1 is 1.14 bits per heavy atom. The van der Waals surface area contributed by atoms with Gasteiger partial charge in [-0.05, 0) is 71.0 Å². The van der Waals surface area contributed by atoms with Gasteiger partial charge in [0.2, 0.25) is 5.91 Å². The summed E-state index contributed by atoms with van der Waals surface area (Å²) < 4.78 is 0. The average molecular weight is 387 g/mol. The zero-order chi connectivity index (χ0) is 20.6. The summed E-state index contributed by atoms with van der Waals surface area (Å²) in [5, 5.41) is 9.33. The van der Waals surface area contributed by atoms with Crippen LogP contribution in [0.4, 0.5) is 0 Å². The number of rotatable bonds is 6. The normalized spacial score (nSPS) is 28.3. The van der Waals surface area contributed by atoms with E-state index >= 15 is 0 Å². The van der Waals surface area contributed by atoms with Gasteiger partial charge in [-0.2, -0.15) is 0 Å². The second-order valence-electron chi connectivity index (χ2n) is 9.72. The van der Waals surface area contributed by atoms with Crippen LogP contribution in [-0.2, 0) is 15.1 Å². The number of nitrogens with zero attached hydrogens (tertiary/aromatic N) is 2. The standard InChI is InChI=1S/C23H34N2O3/c1-21(2,20(27)28)14-15-25-17-22(16-19(25)26)10-12-23(13-11-22,24(3)4)18-8-6-5-7-9-18/h5-9H,10-17H2,1-4H3,(H,27,28)/t22-,23+. The Morgan fingerprint density at radius 2 is 1.75 bits per heavy atom. The summed E-state index contributed by atoms with van der Waals surface area (Å²) in [6, 6.07) is 10.7. The van der Waals surface area contributed by atoms with Crippen molar-refractivity contribution in [2.75, 3.05) is 27.2 Å². The van der Waals surface area contributed by atoms with E-state index in [1.807, 2.05) is 4.90 Å². The number of carbonyl (C=O) groups is 2. The van der Waals surface area contributed by atoms with Gasteiger partial charge in [-0.1, -0.05) is 30.3 Å². The number of carboxylic acids is 1. The molecule has 0 radical (unpaired) electrons. The molecular weight excluding hydrogens is 352 g/mol. The molecule has 0 aromatic heterocycles. The van der Waals surface area contributed by atoms with E-state index in [1.54, 1.807) is 13.8 Å². The zero-order valence-electron chi connectivity index (χ0n) is 17.7. The molecule has 3 rings (SSSR count). The minimum atomic E-state index is -0.801. The molecule has 1 saturated carbocycles. The molecule has 1 aliphatic carbocycles. The van der Waals surface area contributed by atoms with E-state index < -0.39 is 11.4 Å². The molecule has 0 atom stereocenters. The van der Waals surface area contributed by atoms with E-state index in [0.29, 0.717) is 19.4 Å². The third-order valence-corrected chi connectivity index (χ3v) is 7.30. The van der Waals surface area contributed by atoms with Crippen LogP contribution in [-0.4, -0.2) is 54.0 Å². The molecule has 1 N–H and O–H groups in total. The highest BCUT2D eigenvalue weighted by Crippen LogP contribution is 2.52. The number of amides is 1. The first-order valence-corrected chi connectivity index (χ1v) is 10.3. The van der Waals surface area contributed by atoms with Gasteiger partial charge >= 0.3 is 5.97 Å². The van der Waals surface area contributed by atoms with Crippen molar-refractivity contribution in [2.45, 2.75) is 57.9 Å². The summed E-state index contributed by atoms with van der Waals surface area (Å²) in [5.41, 5.74) is 0.655. The molecule has 1 aliphatic heterocycles. The van der Waals surface area contributed by atoms with E-state index in [1.165, 1.54) is 5.56 Å².